The molecular weight excluding hydrogens is 292 g/mol. The van der Waals surface area contributed by atoms with Crippen molar-refractivity contribution in [2.75, 3.05) is 31.1 Å². The van der Waals surface area contributed by atoms with Crippen molar-refractivity contribution < 1.29 is 4.79 Å². The van der Waals surface area contributed by atoms with Crippen molar-refractivity contribution in [1.82, 2.24) is 24.4 Å². The van der Waals surface area contributed by atoms with Crippen molar-refractivity contribution in [3.05, 3.63) is 12.7 Å². The summed E-state index contributed by atoms with van der Waals surface area (Å²) in [5, 5.41) is 0. The van der Waals surface area contributed by atoms with Crippen LogP contribution in [-0.4, -0.2) is 56.5 Å². The average molecular weight is 314 g/mol. The fourth-order valence-corrected chi connectivity index (χ4v) is 3.92. The van der Waals surface area contributed by atoms with Crippen LogP contribution < -0.4 is 4.90 Å². The lowest BCUT2D eigenvalue weighted by Crippen LogP contribution is -2.33. The standard InChI is InChI=1S/C16H22N6O/c1-3-13(23)21-5-11-7-22(8-12(11)6-21)16-14-15(17-9-18-16)20(4-2)10-19-14/h9-12H,3-8H2,1-2H3. The number of carbonyl (C=O) groups is 1. The number of aromatic nitrogens is 4. The molecule has 7 heteroatoms. The van der Waals surface area contributed by atoms with Gasteiger partial charge in [-0.2, -0.15) is 0 Å². The van der Waals surface area contributed by atoms with Gasteiger partial charge in [0.05, 0.1) is 6.33 Å². The number of rotatable bonds is 3. The quantitative estimate of drug-likeness (QED) is 0.850. The molecular formula is C16H22N6O. The number of carbonyl (C=O) groups excluding carboxylic acids is 1. The zero-order valence-corrected chi connectivity index (χ0v) is 13.6. The second kappa shape index (κ2) is 5.47. The Morgan fingerprint density at radius 2 is 1.87 bits per heavy atom. The Hall–Kier alpha value is -2.18. The van der Waals surface area contributed by atoms with E-state index in [-0.39, 0.29) is 5.91 Å². The molecule has 0 radical (unpaired) electrons. The molecule has 2 saturated heterocycles. The maximum atomic E-state index is 11.9. The molecule has 7 nitrogen and oxygen atoms in total. The first-order chi connectivity index (χ1) is 11.2. The first-order valence-corrected chi connectivity index (χ1v) is 8.39. The summed E-state index contributed by atoms with van der Waals surface area (Å²) in [5.41, 5.74) is 1.79. The number of amides is 1. The highest BCUT2D eigenvalue weighted by Gasteiger charge is 2.42. The molecule has 2 fully saturated rings. The van der Waals surface area contributed by atoms with Gasteiger partial charge in [0.15, 0.2) is 17.0 Å². The van der Waals surface area contributed by atoms with Crippen LogP contribution in [-0.2, 0) is 11.3 Å². The van der Waals surface area contributed by atoms with Gasteiger partial charge in [-0.05, 0) is 6.92 Å². The largest absolute Gasteiger partial charge is 0.354 e. The lowest BCUT2D eigenvalue weighted by Gasteiger charge is -2.22. The van der Waals surface area contributed by atoms with Crippen LogP contribution in [0, 0.1) is 11.8 Å². The van der Waals surface area contributed by atoms with E-state index in [2.05, 4.69) is 26.8 Å². The highest BCUT2D eigenvalue weighted by atomic mass is 16.2. The molecule has 2 aliphatic rings. The van der Waals surface area contributed by atoms with Gasteiger partial charge < -0.3 is 14.4 Å². The highest BCUT2D eigenvalue weighted by Crippen LogP contribution is 2.35. The number of hydrogen-bond acceptors (Lipinski definition) is 5. The molecule has 2 aliphatic heterocycles. The Kier molecular flexibility index (Phi) is 3.43. The van der Waals surface area contributed by atoms with Crippen LogP contribution >= 0.6 is 0 Å². The van der Waals surface area contributed by atoms with E-state index < -0.39 is 0 Å². The number of likely N-dealkylation sites (tertiary alicyclic amines) is 1. The van der Waals surface area contributed by atoms with Gasteiger partial charge in [0.1, 0.15) is 6.33 Å². The highest BCUT2D eigenvalue weighted by molar-refractivity contribution is 5.83. The molecule has 4 heterocycles. The van der Waals surface area contributed by atoms with Gasteiger partial charge >= 0.3 is 0 Å². The SMILES string of the molecule is CCC(=O)N1CC2CN(c3ncnc4c3ncn4CC)CC2C1. The fraction of sp³-hybridized carbons (Fsp3) is 0.625. The number of aryl methyl sites for hydroxylation is 1. The molecule has 4 rings (SSSR count). The van der Waals surface area contributed by atoms with Crippen LogP contribution in [0.25, 0.3) is 11.2 Å². The van der Waals surface area contributed by atoms with E-state index in [1.807, 2.05) is 22.7 Å². The van der Waals surface area contributed by atoms with E-state index in [0.717, 1.165) is 49.7 Å². The van der Waals surface area contributed by atoms with Crippen LogP contribution in [0.1, 0.15) is 20.3 Å². The maximum absolute atomic E-state index is 11.9. The Bertz CT molecular complexity index is 727. The molecule has 0 saturated carbocycles. The Morgan fingerprint density at radius 1 is 1.13 bits per heavy atom. The predicted molar refractivity (Wildman–Crippen MR) is 87.1 cm³/mol. The van der Waals surface area contributed by atoms with Crippen molar-refractivity contribution >= 4 is 22.9 Å². The molecule has 0 N–H and O–H groups in total. The van der Waals surface area contributed by atoms with E-state index in [0.29, 0.717) is 18.3 Å². The smallest absolute Gasteiger partial charge is 0.222 e. The number of nitrogens with zero attached hydrogens (tertiary/aromatic N) is 6. The normalized spacial score (nSPS) is 23.7. The van der Waals surface area contributed by atoms with Gasteiger partial charge in [0, 0.05) is 51.0 Å². The summed E-state index contributed by atoms with van der Waals surface area (Å²) in [6, 6.07) is 0. The summed E-state index contributed by atoms with van der Waals surface area (Å²) in [6.07, 6.45) is 4.07. The first kappa shape index (κ1) is 14.4. The van der Waals surface area contributed by atoms with Gasteiger partial charge in [-0.15, -0.1) is 0 Å². The third-order valence-electron chi connectivity index (χ3n) is 5.16. The van der Waals surface area contributed by atoms with Gasteiger partial charge in [-0.25, -0.2) is 15.0 Å². The summed E-state index contributed by atoms with van der Waals surface area (Å²) in [6.45, 7) is 8.53. The fourth-order valence-electron chi connectivity index (χ4n) is 3.92. The van der Waals surface area contributed by atoms with E-state index in [9.17, 15) is 4.79 Å². The molecule has 2 aromatic rings. The Labute approximate surface area is 135 Å². The second-order valence-corrected chi connectivity index (χ2v) is 6.48. The Morgan fingerprint density at radius 3 is 2.52 bits per heavy atom. The minimum absolute atomic E-state index is 0.275. The molecule has 0 aliphatic carbocycles. The molecule has 0 aromatic carbocycles. The van der Waals surface area contributed by atoms with E-state index in [1.54, 1.807) is 6.33 Å². The molecule has 2 aromatic heterocycles. The van der Waals surface area contributed by atoms with Crippen LogP contribution in [0.5, 0.6) is 0 Å². The van der Waals surface area contributed by atoms with Gasteiger partial charge in [-0.1, -0.05) is 6.92 Å². The number of anilines is 1. The maximum Gasteiger partial charge on any atom is 0.222 e. The molecule has 23 heavy (non-hydrogen) atoms. The molecule has 2 unspecified atom stereocenters. The number of hydrogen-bond donors (Lipinski definition) is 0. The second-order valence-electron chi connectivity index (χ2n) is 6.48. The van der Waals surface area contributed by atoms with Crippen molar-refractivity contribution in [3.63, 3.8) is 0 Å². The summed E-state index contributed by atoms with van der Waals surface area (Å²) < 4.78 is 2.04. The lowest BCUT2D eigenvalue weighted by molar-refractivity contribution is -0.130. The minimum atomic E-state index is 0.275. The monoisotopic (exact) mass is 314 g/mol. The summed E-state index contributed by atoms with van der Waals surface area (Å²) in [5.74, 6) is 2.30. The number of imidazole rings is 1. The average Bonchev–Trinajstić information content (AvgIpc) is 3.25. The van der Waals surface area contributed by atoms with E-state index >= 15 is 0 Å². The zero-order valence-electron chi connectivity index (χ0n) is 13.6. The van der Waals surface area contributed by atoms with Crippen molar-refractivity contribution in [3.8, 4) is 0 Å². The molecule has 122 valence electrons. The minimum Gasteiger partial charge on any atom is -0.354 e. The Balaban J connectivity index is 1.56. The lowest BCUT2D eigenvalue weighted by atomic mass is 10.0. The zero-order chi connectivity index (χ0) is 16.0. The summed E-state index contributed by atoms with van der Waals surface area (Å²) in [4.78, 5) is 29.6. The van der Waals surface area contributed by atoms with Crippen LogP contribution in [0.15, 0.2) is 12.7 Å². The van der Waals surface area contributed by atoms with Crippen LogP contribution in [0.4, 0.5) is 5.82 Å². The van der Waals surface area contributed by atoms with Gasteiger partial charge in [-0.3, -0.25) is 4.79 Å². The van der Waals surface area contributed by atoms with Crippen molar-refractivity contribution in [1.29, 1.82) is 0 Å². The van der Waals surface area contributed by atoms with E-state index in [4.69, 9.17) is 0 Å². The number of fused-ring (bicyclic) bond motifs is 2. The molecule has 2 atom stereocenters. The molecule has 0 spiro atoms. The van der Waals surface area contributed by atoms with E-state index in [1.165, 1.54) is 0 Å². The van der Waals surface area contributed by atoms with Crippen molar-refractivity contribution in [2.24, 2.45) is 11.8 Å². The molecule has 0 bridgehead atoms. The van der Waals surface area contributed by atoms with Gasteiger partial charge in [0.25, 0.3) is 0 Å². The first-order valence-electron chi connectivity index (χ1n) is 8.39. The third kappa shape index (κ3) is 2.26. The summed E-state index contributed by atoms with van der Waals surface area (Å²) >= 11 is 0. The predicted octanol–water partition coefficient (Wildman–Crippen LogP) is 1.15. The third-order valence-corrected chi connectivity index (χ3v) is 5.16. The molecule has 1 amide bonds. The topological polar surface area (TPSA) is 67.2 Å². The van der Waals surface area contributed by atoms with Crippen LogP contribution in [0.2, 0.25) is 0 Å². The van der Waals surface area contributed by atoms with Gasteiger partial charge in [0.2, 0.25) is 5.91 Å². The van der Waals surface area contributed by atoms with Crippen LogP contribution in [0.3, 0.4) is 0 Å². The van der Waals surface area contributed by atoms with Crippen molar-refractivity contribution in [2.45, 2.75) is 26.8 Å². The summed E-state index contributed by atoms with van der Waals surface area (Å²) in [7, 11) is 0.